The van der Waals surface area contributed by atoms with Crippen LogP contribution in [0.4, 0.5) is 10.3 Å². The molecule has 0 aliphatic carbocycles. The summed E-state index contributed by atoms with van der Waals surface area (Å²) in [6, 6.07) is 10.1. The molecule has 0 spiro atoms. The molecule has 166 valence electrons. The highest BCUT2D eigenvalue weighted by Gasteiger charge is 2.20. The normalized spacial score (nSPS) is 15.5. The van der Waals surface area contributed by atoms with Crippen LogP contribution in [0.5, 0.6) is 0 Å². The lowest BCUT2D eigenvalue weighted by atomic mass is 10.0. The predicted molar refractivity (Wildman–Crippen MR) is 123 cm³/mol. The van der Waals surface area contributed by atoms with Crippen molar-refractivity contribution in [3.05, 3.63) is 70.1 Å². The number of ether oxygens (including phenoxy) is 1. The van der Waals surface area contributed by atoms with Crippen molar-refractivity contribution in [2.75, 3.05) is 18.5 Å². The number of fused-ring (bicyclic) bond motifs is 1. The van der Waals surface area contributed by atoms with Crippen molar-refractivity contribution < 1.29 is 14.1 Å². The van der Waals surface area contributed by atoms with E-state index < -0.39 is 5.95 Å². The summed E-state index contributed by atoms with van der Waals surface area (Å²) < 4.78 is 21.1. The first-order chi connectivity index (χ1) is 16.0. The van der Waals surface area contributed by atoms with Gasteiger partial charge < -0.3 is 10.1 Å². The van der Waals surface area contributed by atoms with Gasteiger partial charge in [0.25, 0.3) is 5.56 Å². The van der Waals surface area contributed by atoms with Crippen LogP contribution in [-0.2, 0) is 11.3 Å². The van der Waals surface area contributed by atoms with Gasteiger partial charge in [-0.1, -0.05) is 23.7 Å². The van der Waals surface area contributed by atoms with E-state index in [4.69, 9.17) is 16.3 Å². The average Bonchev–Trinajstić information content (AvgIpc) is 3.32. The summed E-state index contributed by atoms with van der Waals surface area (Å²) in [5, 5.41) is 4.31. The number of nitrogens with zero attached hydrogens (tertiary/aromatic N) is 4. The minimum atomic E-state index is -0.633. The second-order valence-corrected chi connectivity index (χ2v) is 8.17. The molecule has 1 aromatic carbocycles. The summed E-state index contributed by atoms with van der Waals surface area (Å²) in [6.45, 7) is 3.63. The summed E-state index contributed by atoms with van der Waals surface area (Å²) in [5.41, 5.74) is 2.19. The summed E-state index contributed by atoms with van der Waals surface area (Å²) in [5.74, 6) is -0.170. The van der Waals surface area contributed by atoms with Gasteiger partial charge in [-0.05, 0) is 37.1 Å². The largest absolute Gasteiger partial charge is 0.501 e. The maximum Gasteiger partial charge on any atom is 0.501 e. The Hall–Kier alpha value is -3.54. The molecule has 4 heterocycles. The molecule has 4 aromatic rings. The lowest BCUT2D eigenvalue weighted by Gasteiger charge is -2.14. The Labute approximate surface area is 194 Å². The van der Waals surface area contributed by atoms with Crippen molar-refractivity contribution in [3.63, 3.8) is 0 Å². The first-order valence-electron chi connectivity index (χ1n) is 10.6. The lowest BCUT2D eigenvalue weighted by molar-refractivity contribution is -0.342. The third kappa shape index (κ3) is 4.01. The molecule has 0 amide bonds. The van der Waals surface area contributed by atoms with E-state index in [2.05, 4.69) is 26.5 Å². The first kappa shape index (κ1) is 21.3. The molecule has 1 N–H and O–H groups in total. The Morgan fingerprint density at radius 1 is 1.30 bits per heavy atom. The van der Waals surface area contributed by atoms with E-state index in [-0.39, 0.29) is 11.6 Å². The highest BCUT2D eigenvalue weighted by molar-refractivity contribution is 6.33. The van der Waals surface area contributed by atoms with E-state index in [1.165, 1.54) is 6.07 Å². The number of anilines is 1. The van der Waals surface area contributed by atoms with Crippen molar-refractivity contribution in [1.82, 2.24) is 14.5 Å². The van der Waals surface area contributed by atoms with Gasteiger partial charge in [0.15, 0.2) is 0 Å². The van der Waals surface area contributed by atoms with Crippen molar-refractivity contribution in [3.8, 4) is 22.3 Å². The van der Waals surface area contributed by atoms with E-state index in [9.17, 15) is 9.18 Å². The summed E-state index contributed by atoms with van der Waals surface area (Å²) in [4.78, 5) is 25.9. The fourth-order valence-electron chi connectivity index (χ4n) is 4.01. The van der Waals surface area contributed by atoms with Crippen molar-refractivity contribution >= 4 is 28.6 Å². The molecule has 1 unspecified atom stereocenters. The smallest absolute Gasteiger partial charge is 0.379 e. The number of nitrogens with one attached hydrogen (secondary N) is 1. The molecule has 9 heteroatoms. The predicted octanol–water partition coefficient (Wildman–Crippen LogP) is 3.54. The highest BCUT2D eigenvalue weighted by Crippen LogP contribution is 2.32. The number of pyridine rings is 1. The third-order valence-electron chi connectivity index (χ3n) is 5.69. The monoisotopic (exact) mass is 464 g/mol. The summed E-state index contributed by atoms with van der Waals surface area (Å²) in [6.07, 6.45) is 5.04. The van der Waals surface area contributed by atoms with Crippen LogP contribution in [0, 0.1) is 12.1 Å². The van der Waals surface area contributed by atoms with Crippen molar-refractivity contribution in [2.24, 2.45) is 0 Å². The van der Waals surface area contributed by atoms with Crippen LogP contribution in [0.2, 0.25) is 5.02 Å². The van der Waals surface area contributed by atoms with E-state index in [0.717, 1.165) is 6.42 Å². The van der Waals surface area contributed by atoms with Crippen LogP contribution in [0.15, 0.2) is 47.4 Å². The van der Waals surface area contributed by atoms with Crippen LogP contribution < -0.4 is 15.9 Å². The maximum atomic E-state index is 14.1. The Kier molecular flexibility index (Phi) is 5.67. The Balaban J connectivity index is 1.57. The molecule has 3 aromatic heterocycles. The molecule has 5 rings (SSSR count). The number of halogens is 2. The number of hydrogen-bond acceptors (Lipinski definition) is 5. The van der Waals surface area contributed by atoms with Crippen LogP contribution in [0.25, 0.3) is 33.3 Å². The number of rotatable bonds is 5. The van der Waals surface area contributed by atoms with Gasteiger partial charge in [-0.2, -0.15) is 4.98 Å². The molecule has 7 nitrogen and oxygen atoms in total. The first-order valence-corrected chi connectivity index (χ1v) is 11.0. The molecule has 0 saturated carbocycles. The molecular formula is C24H20ClFN5O2+. The van der Waals surface area contributed by atoms with E-state index in [0.29, 0.717) is 64.0 Å². The van der Waals surface area contributed by atoms with E-state index in [1.807, 2.05) is 6.92 Å². The molecule has 1 saturated heterocycles. The summed E-state index contributed by atoms with van der Waals surface area (Å²) in [7, 11) is 0. The molecule has 33 heavy (non-hydrogen) atoms. The topological polar surface area (TPSA) is 83.1 Å². The van der Waals surface area contributed by atoms with Crippen molar-refractivity contribution in [1.29, 1.82) is 0 Å². The van der Waals surface area contributed by atoms with E-state index in [1.54, 1.807) is 41.1 Å². The number of aromatic nitrogens is 4. The molecule has 0 bridgehead atoms. The fourth-order valence-corrected chi connectivity index (χ4v) is 4.29. The number of hydrogen-bond donors (Lipinski definition) is 1. The molecule has 1 aliphatic rings. The Morgan fingerprint density at radius 2 is 2.18 bits per heavy atom. The standard InChI is InChI=1S/C24H19ClFN5O2/c1-2-31-22-15(12-28-24(30-22)29-16-7-9-33-13-16)10-19(23(31)32)18-6-5-14(11-20(18)25)17-4-3-8-27-21(17)26/h3-6,10-12,16H,2,7,9,13H2,1H3/p+1. The molecular weight excluding hydrogens is 445 g/mol. The van der Waals surface area contributed by atoms with Gasteiger partial charge in [-0.25, -0.2) is 4.98 Å². The zero-order valence-electron chi connectivity index (χ0n) is 17.8. The van der Waals surface area contributed by atoms with Crippen LogP contribution in [-0.4, -0.2) is 33.8 Å². The second kappa shape index (κ2) is 8.77. The highest BCUT2D eigenvalue weighted by atomic mass is 35.5. The SMILES string of the molecule is CCn1c(=O)c(-c2ccc(-c3ccc#[n+]c3F)cc2Cl)cc2cnc(NC3CCOC3)nc21. The average molecular weight is 465 g/mol. The minimum absolute atomic E-state index is 0.156. The zero-order valence-corrected chi connectivity index (χ0v) is 18.6. The van der Waals surface area contributed by atoms with Gasteiger partial charge in [0.2, 0.25) is 5.95 Å². The van der Waals surface area contributed by atoms with Gasteiger partial charge >= 0.3 is 12.1 Å². The fraction of sp³-hybridized carbons (Fsp3) is 0.250. The zero-order chi connectivity index (χ0) is 22.9. The third-order valence-corrected chi connectivity index (χ3v) is 6.00. The Morgan fingerprint density at radius 3 is 2.91 bits per heavy atom. The van der Waals surface area contributed by atoms with Gasteiger partial charge in [-0.15, -0.1) is 4.39 Å². The summed E-state index contributed by atoms with van der Waals surface area (Å²) >= 11 is 6.55. The molecule has 1 fully saturated rings. The van der Waals surface area contributed by atoms with Gasteiger partial charge in [0, 0.05) is 45.9 Å². The second-order valence-electron chi connectivity index (χ2n) is 7.76. The minimum Gasteiger partial charge on any atom is -0.379 e. The lowest BCUT2D eigenvalue weighted by Crippen LogP contribution is -2.24. The van der Waals surface area contributed by atoms with Gasteiger partial charge in [0.1, 0.15) is 11.2 Å². The van der Waals surface area contributed by atoms with Crippen LogP contribution in [0.1, 0.15) is 13.3 Å². The quantitative estimate of drug-likeness (QED) is 0.486. The molecule has 1 aliphatic heterocycles. The van der Waals surface area contributed by atoms with Crippen molar-refractivity contribution in [2.45, 2.75) is 25.9 Å². The molecule has 1 atom stereocenters. The number of benzene rings is 1. The van der Waals surface area contributed by atoms with Crippen LogP contribution >= 0.6 is 11.6 Å². The number of aryl methyl sites for hydroxylation is 1. The van der Waals surface area contributed by atoms with Crippen LogP contribution in [0.3, 0.4) is 0 Å². The van der Waals surface area contributed by atoms with Gasteiger partial charge in [0.05, 0.1) is 18.7 Å². The Bertz CT molecular complexity index is 1400. The maximum absolute atomic E-state index is 14.1. The molecule has 0 radical (unpaired) electrons. The van der Waals surface area contributed by atoms with Gasteiger partial charge in [-0.3, -0.25) is 9.36 Å². The van der Waals surface area contributed by atoms with E-state index >= 15 is 0 Å².